The van der Waals surface area contributed by atoms with Crippen LogP contribution in [0.4, 0.5) is 0 Å². The van der Waals surface area contributed by atoms with Crippen molar-refractivity contribution in [1.29, 1.82) is 0 Å². The summed E-state index contributed by atoms with van der Waals surface area (Å²) in [7, 11) is 0. The zero-order valence-corrected chi connectivity index (χ0v) is 6.16. The molecule has 1 aromatic heterocycles. The van der Waals surface area contributed by atoms with Crippen molar-refractivity contribution in [2.24, 2.45) is 5.73 Å². The van der Waals surface area contributed by atoms with Crippen LogP contribution in [0.3, 0.4) is 0 Å². The van der Waals surface area contributed by atoms with Crippen molar-refractivity contribution in [3.05, 3.63) is 30.1 Å². The standard InChI is InChI=1S/C8H10N2O/c9-5-4-8(11)7-3-1-2-6-10-7/h1-3,6H,4-5,9H2. The highest BCUT2D eigenvalue weighted by Gasteiger charge is 2.03. The average Bonchev–Trinajstić information content (AvgIpc) is 2.07. The molecule has 0 aliphatic heterocycles. The van der Waals surface area contributed by atoms with Gasteiger partial charge in [-0.1, -0.05) is 6.07 Å². The average molecular weight is 150 g/mol. The number of aromatic nitrogens is 1. The van der Waals surface area contributed by atoms with Crippen LogP contribution in [0.25, 0.3) is 0 Å². The molecule has 0 unspecified atom stereocenters. The summed E-state index contributed by atoms with van der Waals surface area (Å²) in [4.78, 5) is 15.0. The molecule has 2 N–H and O–H groups in total. The third kappa shape index (κ3) is 2.13. The zero-order valence-electron chi connectivity index (χ0n) is 6.16. The molecule has 0 aliphatic carbocycles. The second kappa shape index (κ2) is 3.83. The summed E-state index contributed by atoms with van der Waals surface area (Å²) in [6, 6.07) is 5.26. The molecule has 0 saturated heterocycles. The number of carbonyl (C=O) groups excluding carboxylic acids is 1. The van der Waals surface area contributed by atoms with Crippen LogP contribution in [-0.2, 0) is 0 Å². The molecule has 11 heavy (non-hydrogen) atoms. The van der Waals surface area contributed by atoms with Crippen LogP contribution in [0, 0.1) is 0 Å². The van der Waals surface area contributed by atoms with Crippen molar-refractivity contribution >= 4 is 5.78 Å². The number of nitrogens with zero attached hydrogens (tertiary/aromatic N) is 1. The lowest BCUT2D eigenvalue weighted by Crippen LogP contribution is -2.09. The molecule has 58 valence electrons. The monoisotopic (exact) mass is 150 g/mol. The fourth-order valence-corrected chi connectivity index (χ4v) is 0.787. The molecule has 1 aromatic rings. The minimum absolute atomic E-state index is 0.00750. The van der Waals surface area contributed by atoms with Crippen molar-refractivity contribution in [2.45, 2.75) is 6.42 Å². The first kappa shape index (κ1) is 7.88. The van der Waals surface area contributed by atoms with Gasteiger partial charge in [0.15, 0.2) is 5.78 Å². The molecular weight excluding hydrogens is 140 g/mol. The summed E-state index contributed by atoms with van der Waals surface area (Å²) in [5, 5.41) is 0. The van der Waals surface area contributed by atoms with Crippen molar-refractivity contribution in [1.82, 2.24) is 4.98 Å². The number of ketones is 1. The van der Waals surface area contributed by atoms with Gasteiger partial charge in [-0.3, -0.25) is 9.78 Å². The van der Waals surface area contributed by atoms with Crippen LogP contribution in [0.15, 0.2) is 24.4 Å². The molecule has 0 bridgehead atoms. The van der Waals surface area contributed by atoms with E-state index in [0.717, 1.165) is 0 Å². The maximum Gasteiger partial charge on any atom is 0.182 e. The highest BCUT2D eigenvalue weighted by molar-refractivity contribution is 5.94. The first-order valence-electron chi connectivity index (χ1n) is 3.49. The molecule has 1 rings (SSSR count). The van der Waals surface area contributed by atoms with Crippen LogP contribution in [0.1, 0.15) is 16.9 Å². The summed E-state index contributed by atoms with van der Waals surface area (Å²) in [6.07, 6.45) is 1.97. The predicted octanol–water partition coefficient (Wildman–Crippen LogP) is 0.613. The second-order valence-electron chi connectivity index (χ2n) is 2.18. The number of rotatable bonds is 3. The van der Waals surface area contributed by atoms with Gasteiger partial charge in [-0.2, -0.15) is 0 Å². The molecule has 0 atom stereocenters. The third-order valence-corrected chi connectivity index (χ3v) is 1.32. The minimum Gasteiger partial charge on any atom is -0.330 e. The smallest absolute Gasteiger partial charge is 0.182 e. The Balaban J connectivity index is 2.69. The van der Waals surface area contributed by atoms with Crippen LogP contribution in [0.5, 0.6) is 0 Å². The highest BCUT2D eigenvalue weighted by atomic mass is 16.1. The summed E-state index contributed by atoms with van der Waals surface area (Å²) in [5.74, 6) is 0.00750. The van der Waals surface area contributed by atoms with Crippen LogP contribution in [-0.4, -0.2) is 17.3 Å². The van der Waals surface area contributed by atoms with Crippen molar-refractivity contribution in [3.8, 4) is 0 Å². The van der Waals surface area contributed by atoms with E-state index in [1.807, 2.05) is 0 Å². The van der Waals surface area contributed by atoms with E-state index in [4.69, 9.17) is 5.73 Å². The van der Waals surface area contributed by atoms with E-state index in [-0.39, 0.29) is 5.78 Å². The van der Waals surface area contributed by atoms with Crippen molar-refractivity contribution in [3.63, 3.8) is 0 Å². The molecule has 0 amide bonds. The molecule has 3 nitrogen and oxygen atoms in total. The first-order chi connectivity index (χ1) is 5.34. The number of pyridine rings is 1. The van der Waals surface area contributed by atoms with E-state index < -0.39 is 0 Å². The van der Waals surface area contributed by atoms with E-state index >= 15 is 0 Å². The number of hydrogen-bond acceptors (Lipinski definition) is 3. The Morgan fingerprint density at radius 2 is 2.36 bits per heavy atom. The van der Waals surface area contributed by atoms with Crippen LogP contribution in [0.2, 0.25) is 0 Å². The summed E-state index contributed by atoms with van der Waals surface area (Å²) < 4.78 is 0. The fraction of sp³-hybridized carbons (Fsp3) is 0.250. The van der Waals surface area contributed by atoms with E-state index in [1.54, 1.807) is 24.4 Å². The van der Waals surface area contributed by atoms with Gasteiger partial charge in [0.25, 0.3) is 0 Å². The van der Waals surface area contributed by atoms with Gasteiger partial charge in [0.05, 0.1) is 0 Å². The molecule has 3 heteroatoms. The SMILES string of the molecule is NCCC(=O)c1ccccn1. The van der Waals surface area contributed by atoms with Gasteiger partial charge < -0.3 is 5.73 Å². The predicted molar refractivity (Wildman–Crippen MR) is 42.2 cm³/mol. The number of Topliss-reactive ketones (excluding diaryl/α,β-unsaturated/α-hetero) is 1. The Hall–Kier alpha value is -1.22. The topological polar surface area (TPSA) is 56.0 Å². The summed E-state index contributed by atoms with van der Waals surface area (Å²) >= 11 is 0. The van der Waals surface area contributed by atoms with E-state index in [2.05, 4.69) is 4.98 Å². The maximum atomic E-state index is 11.1. The van der Waals surface area contributed by atoms with Gasteiger partial charge in [0, 0.05) is 12.6 Å². The lowest BCUT2D eigenvalue weighted by atomic mass is 10.2. The van der Waals surface area contributed by atoms with Crippen molar-refractivity contribution < 1.29 is 4.79 Å². The number of hydrogen-bond donors (Lipinski definition) is 1. The summed E-state index contributed by atoms with van der Waals surface area (Å²) in [5.41, 5.74) is 5.72. The quantitative estimate of drug-likeness (QED) is 0.642. The third-order valence-electron chi connectivity index (χ3n) is 1.32. The van der Waals surface area contributed by atoms with Gasteiger partial charge in [0.1, 0.15) is 5.69 Å². The second-order valence-corrected chi connectivity index (χ2v) is 2.18. The van der Waals surface area contributed by atoms with Gasteiger partial charge in [-0.15, -0.1) is 0 Å². The molecule has 0 aromatic carbocycles. The molecule has 1 heterocycles. The Morgan fingerprint density at radius 1 is 1.55 bits per heavy atom. The molecule has 0 saturated carbocycles. The highest BCUT2D eigenvalue weighted by Crippen LogP contribution is 1.96. The molecular formula is C8H10N2O. The normalized spacial score (nSPS) is 9.55. The Labute approximate surface area is 65.2 Å². The molecule has 0 fully saturated rings. The number of carbonyl (C=O) groups is 1. The van der Waals surface area contributed by atoms with E-state index in [1.165, 1.54) is 0 Å². The summed E-state index contributed by atoms with van der Waals surface area (Å²) in [6.45, 7) is 0.384. The Bertz CT molecular complexity index is 233. The fourth-order valence-electron chi connectivity index (χ4n) is 0.787. The van der Waals surface area contributed by atoms with Gasteiger partial charge in [-0.25, -0.2) is 0 Å². The van der Waals surface area contributed by atoms with Gasteiger partial charge in [0.2, 0.25) is 0 Å². The molecule has 0 radical (unpaired) electrons. The van der Waals surface area contributed by atoms with Crippen molar-refractivity contribution in [2.75, 3.05) is 6.54 Å². The van der Waals surface area contributed by atoms with Crippen LogP contribution >= 0.6 is 0 Å². The Kier molecular flexibility index (Phi) is 2.74. The largest absolute Gasteiger partial charge is 0.330 e. The Morgan fingerprint density at radius 3 is 2.91 bits per heavy atom. The lowest BCUT2D eigenvalue weighted by Gasteiger charge is -1.95. The molecule has 0 aliphatic rings. The van der Waals surface area contributed by atoms with E-state index in [9.17, 15) is 4.79 Å². The van der Waals surface area contributed by atoms with Gasteiger partial charge in [-0.05, 0) is 18.7 Å². The van der Waals surface area contributed by atoms with Gasteiger partial charge >= 0.3 is 0 Å². The number of nitrogens with two attached hydrogens (primary N) is 1. The first-order valence-corrected chi connectivity index (χ1v) is 3.49. The van der Waals surface area contributed by atoms with Crippen LogP contribution < -0.4 is 5.73 Å². The van der Waals surface area contributed by atoms with E-state index in [0.29, 0.717) is 18.7 Å². The zero-order chi connectivity index (χ0) is 8.10. The molecule has 0 spiro atoms. The maximum absolute atomic E-state index is 11.1. The minimum atomic E-state index is 0.00750. The lowest BCUT2D eigenvalue weighted by molar-refractivity contribution is 0.0980.